The van der Waals surface area contributed by atoms with E-state index < -0.39 is 0 Å². The lowest BCUT2D eigenvalue weighted by atomic mass is 10.2. The fourth-order valence-electron chi connectivity index (χ4n) is 3.24. The SMILES string of the molecule is C/C=C/N(c1cc(OC)cc(OC)c1)c1ccc2ncc(-c3cnn(C)c3)nc2c1. The maximum atomic E-state index is 5.44. The van der Waals surface area contributed by atoms with E-state index in [1.807, 2.05) is 68.8 Å². The van der Waals surface area contributed by atoms with Crippen molar-refractivity contribution in [3.63, 3.8) is 0 Å². The summed E-state index contributed by atoms with van der Waals surface area (Å²) in [6, 6.07) is 11.8. The Bertz CT molecular complexity index is 1190. The van der Waals surface area contributed by atoms with Crippen LogP contribution in [0.5, 0.6) is 11.5 Å². The zero-order chi connectivity index (χ0) is 21.1. The number of nitrogens with zero attached hydrogens (tertiary/aromatic N) is 5. The Morgan fingerprint density at radius 3 is 2.33 bits per heavy atom. The van der Waals surface area contributed by atoms with Crippen molar-refractivity contribution in [1.29, 1.82) is 0 Å². The molecular formula is C23H23N5O2. The first-order valence-electron chi connectivity index (χ1n) is 9.52. The van der Waals surface area contributed by atoms with Gasteiger partial charge >= 0.3 is 0 Å². The summed E-state index contributed by atoms with van der Waals surface area (Å²) < 4.78 is 12.6. The highest BCUT2D eigenvalue weighted by Gasteiger charge is 2.12. The predicted octanol–water partition coefficient (Wildman–Crippen LogP) is 4.72. The van der Waals surface area contributed by atoms with Crippen LogP contribution >= 0.6 is 0 Å². The van der Waals surface area contributed by atoms with Crippen LogP contribution in [0.15, 0.2) is 67.3 Å². The lowest BCUT2D eigenvalue weighted by Gasteiger charge is -2.22. The van der Waals surface area contributed by atoms with Crippen molar-refractivity contribution in [1.82, 2.24) is 19.7 Å². The number of aryl methyl sites for hydroxylation is 1. The van der Waals surface area contributed by atoms with Gasteiger partial charge in [0.25, 0.3) is 0 Å². The number of anilines is 2. The summed E-state index contributed by atoms with van der Waals surface area (Å²) in [4.78, 5) is 11.4. The van der Waals surface area contributed by atoms with Crippen molar-refractivity contribution in [3.8, 4) is 22.8 Å². The molecule has 2 aromatic heterocycles. The molecule has 0 saturated heterocycles. The summed E-state index contributed by atoms with van der Waals surface area (Å²) in [5, 5.41) is 4.22. The minimum atomic E-state index is 0.721. The lowest BCUT2D eigenvalue weighted by Crippen LogP contribution is -2.09. The van der Waals surface area contributed by atoms with Gasteiger partial charge in [0.05, 0.1) is 49.0 Å². The van der Waals surface area contributed by atoms with E-state index in [0.717, 1.165) is 45.2 Å². The molecule has 0 atom stereocenters. The predicted molar refractivity (Wildman–Crippen MR) is 118 cm³/mol. The number of ether oxygens (including phenoxy) is 2. The Morgan fingerprint density at radius 2 is 1.70 bits per heavy atom. The van der Waals surface area contributed by atoms with Crippen molar-refractivity contribution in [2.45, 2.75) is 6.92 Å². The molecule has 0 bridgehead atoms. The van der Waals surface area contributed by atoms with E-state index in [1.165, 1.54) is 0 Å². The van der Waals surface area contributed by atoms with Gasteiger partial charge in [-0.05, 0) is 25.1 Å². The molecule has 4 rings (SSSR count). The van der Waals surface area contributed by atoms with Gasteiger partial charge in [0.2, 0.25) is 0 Å². The van der Waals surface area contributed by atoms with Crippen molar-refractivity contribution >= 4 is 22.4 Å². The minimum Gasteiger partial charge on any atom is -0.497 e. The maximum Gasteiger partial charge on any atom is 0.124 e. The standard InChI is InChI=1S/C23H23N5O2/c1-5-8-28(18-9-19(29-3)12-20(10-18)30-4)17-6-7-21-22(11-17)26-23(14-24-21)16-13-25-27(2)15-16/h5-15H,1-4H3/b8-5+. The third-order valence-electron chi connectivity index (χ3n) is 4.72. The zero-order valence-corrected chi connectivity index (χ0v) is 17.4. The molecule has 152 valence electrons. The first-order valence-corrected chi connectivity index (χ1v) is 9.52. The summed E-state index contributed by atoms with van der Waals surface area (Å²) in [7, 11) is 5.17. The Labute approximate surface area is 175 Å². The second kappa shape index (κ2) is 8.24. The molecule has 7 nitrogen and oxygen atoms in total. The maximum absolute atomic E-state index is 5.44. The normalized spacial score (nSPS) is 11.2. The Balaban J connectivity index is 1.80. The summed E-state index contributed by atoms with van der Waals surface area (Å²) >= 11 is 0. The highest BCUT2D eigenvalue weighted by molar-refractivity contribution is 5.83. The van der Waals surface area contributed by atoms with E-state index >= 15 is 0 Å². The summed E-state index contributed by atoms with van der Waals surface area (Å²) in [5.41, 5.74) is 5.22. The van der Waals surface area contributed by atoms with Gasteiger partial charge in [-0.1, -0.05) is 6.08 Å². The van der Waals surface area contributed by atoms with Gasteiger partial charge in [-0.2, -0.15) is 5.10 Å². The monoisotopic (exact) mass is 401 g/mol. The molecule has 0 radical (unpaired) electrons. The molecule has 7 heteroatoms. The van der Waals surface area contributed by atoms with Crippen molar-refractivity contribution in [2.24, 2.45) is 7.05 Å². The molecule has 0 aliphatic carbocycles. The van der Waals surface area contributed by atoms with Gasteiger partial charge in [-0.25, -0.2) is 4.98 Å². The largest absolute Gasteiger partial charge is 0.497 e. The Morgan fingerprint density at radius 1 is 0.933 bits per heavy atom. The lowest BCUT2D eigenvalue weighted by molar-refractivity contribution is 0.394. The molecule has 0 spiro atoms. The molecule has 2 heterocycles. The first-order chi connectivity index (χ1) is 14.6. The van der Waals surface area contributed by atoms with Crippen LogP contribution in [-0.2, 0) is 7.05 Å². The molecule has 4 aromatic rings. The number of aromatic nitrogens is 4. The third-order valence-corrected chi connectivity index (χ3v) is 4.72. The van der Waals surface area contributed by atoms with E-state index in [4.69, 9.17) is 14.5 Å². The quantitative estimate of drug-likeness (QED) is 0.466. The second-order valence-electron chi connectivity index (χ2n) is 6.75. The van der Waals surface area contributed by atoms with E-state index in [2.05, 4.69) is 15.0 Å². The number of allylic oxidation sites excluding steroid dienone is 1. The van der Waals surface area contributed by atoms with E-state index in [9.17, 15) is 0 Å². The third kappa shape index (κ3) is 3.82. The fraction of sp³-hybridized carbons (Fsp3) is 0.174. The number of hydrogen-bond acceptors (Lipinski definition) is 6. The fourth-order valence-corrected chi connectivity index (χ4v) is 3.24. The van der Waals surface area contributed by atoms with Crippen molar-refractivity contribution < 1.29 is 9.47 Å². The van der Waals surface area contributed by atoms with Crippen LogP contribution in [0, 0.1) is 0 Å². The molecule has 0 aliphatic rings. The molecule has 2 aromatic carbocycles. The highest BCUT2D eigenvalue weighted by atomic mass is 16.5. The van der Waals surface area contributed by atoms with Crippen LogP contribution in [0.1, 0.15) is 6.92 Å². The minimum absolute atomic E-state index is 0.721. The molecular weight excluding hydrogens is 378 g/mol. The van der Waals surface area contributed by atoms with Gasteiger partial charge in [0, 0.05) is 48.9 Å². The summed E-state index contributed by atoms with van der Waals surface area (Å²) in [6.07, 6.45) is 9.46. The van der Waals surface area contributed by atoms with E-state index in [1.54, 1.807) is 31.3 Å². The number of hydrogen-bond donors (Lipinski definition) is 0. The number of rotatable bonds is 6. The molecule has 0 saturated carbocycles. The zero-order valence-electron chi connectivity index (χ0n) is 17.4. The number of methoxy groups -OCH3 is 2. The molecule has 0 unspecified atom stereocenters. The van der Waals surface area contributed by atoms with E-state index in [0.29, 0.717) is 0 Å². The summed E-state index contributed by atoms with van der Waals surface area (Å²) in [5.74, 6) is 1.44. The van der Waals surface area contributed by atoms with Crippen LogP contribution < -0.4 is 14.4 Å². The molecule has 0 amide bonds. The smallest absolute Gasteiger partial charge is 0.124 e. The molecule has 0 aliphatic heterocycles. The number of benzene rings is 2. The average Bonchev–Trinajstić information content (AvgIpc) is 3.22. The van der Waals surface area contributed by atoms with E-state index in [-0.39, 0.29) is 0 Å². The van der Waals surface area contributed by atoms with Gasteiger partial charge in [-0.3, -0.25) is 9.67 Å². The van der Waals surface area contributed by atoms with Crippen molar-refractivity contribution in [2.75, 3.05) is 19.1 Å². The molecule has 30 heavy (non-hydrogen) atoms. The van der Waals surface area contributed by atoms with Gasteiger partial charge in [0.15, 0.2) is 0 Å². The van der Waals surface area contributed by atoms with Gasteiger partial charge in [0.1, 0.15) is 11.5 Å². The van der Waals surface area contributed by atoms with Crippen LogP contribution in [0.2, 0.25) is 0 Å². The van der Waals surface area contributed by atoms with Gasteiger partial charge in [-0.15, -0.1) is 0 Å². The van der Waals surface area contributed by atoms with Crippen LogP contribution in [0.3, 0.4) is 0 Å². The van der Waals surface area contributed by atoms with Crippen LogP contribution in [0.4, 0.5) is 11.4 Å². The van der Waals surface area contributed by atoms with Gasteiger partial charge < -0.3 is 14.4 Å². The van der Waals surface area contributed by atoms with Crippen molar-refractivity contribution in [3.05, 3.63) is 67.3 Å². The van der Waals surface area contributed by atoms with Crippen LogP contribution in [0.25, 0.3) is 22.3 Å². The first kappa shape index (κ1) is 19.4. The van der Waals surface area contributed by atoms with Crippen LogP contribution in [-0.4, -0.2) is 34.0 Å². The molecule has 0 N–H and O–H groups in total. The molecule has 0 fully saturated rings. The average molecular weight is 401 g/mol. The number of fused-ring (bicyclic) bond motifs is 1. The topological polar surface area (TPSA) is 65.3 Å². The summed E-state index contributed by atoms with van der Waals surface area (Å²) in [6.45, 7) is 1.98. The Hall–Kier alpha value is -3.87. The highest BCUT2D eigenvalue weighted by Crippen LogP contribution is 2.34. The second-order valence-corrected chi connectivity index (χ2v) is 6.75. The Kier molecular flexibility index (Phi) is 5.34.